The molecule has 0 radical (unpaired) electrons. The first-order valence-electron chi connectivity index (χ1n) is 7.19. The topological polar surface area (TPSA) is 54.0 Å². The van der Waals surface area contributed by atoms with Gasteiger partial charge >= 0.3 is 0 Å². The second-order valence-electron chi connectivity index (χ2n) is 5.38. The number of nitriles is 1. The van der Waals surface area contributed by atoms with E-state index >= 15 is 0 Å². The Morgan fingerprint density at radius 1 is 1.33 bits per heavy atom. The maximum absolute atomic E-state index is 9.48. The molecule has 21 heavy (non-hydrogen) atoms. The molecule has 1 fully saturated rings. The Bertz CT molecular complexity index is 847. The van der Waals surface area contributed by atoms with Gasteiger partial charge in [-0.25, -0.2) is 4.98 Å². The van der Waals surface area contributed by atoms with Crippen LogP contribution in [0.3, 0.4) is 0 Å². The van der Waals surface area contributed by atoms with E-state index in [0.29, 0.717) is 11.6 Å². The van der Waals surface area contributed by atoms with Gasteiger partial charge < -0.3 is 0 Å². The van der Waals surface area contributed by atoms with Crippen LogP contribution in [0.1, 0.15) is 41.9 Å². The summed E-state index contributed by atoms with van der Waals surface area (Å²) >= 11 is 1.61. The average molecular weight is 294 g/mol. The summed E-state index contributed by atoms with van der Waals surface area (Å²) in [4.78, 5) is 5.46. The highest BCUT2D eigenvalue weighted by Crippen LogP contribution is 2.42. The van der Waals surface area contributed by atoms with Crippen LogP contribution < -0.4 is 0 Å². The average Bonchev–Trinajstić information content (AvgIpc) is 3.20. The highest BCUT2D eigenvalue weighted by molar-refractivity contribution is 7.16. The summed E-state index contributed by atoms with van der Waals surface area (Å²) in [6, 6.07) is 10.5. The molecule has 3 aromatic rings. The zero-order valence-corrected chi connectivity index (χ0v) is 12.5. The second-order valence-corrected chi connectivity index (χ2v) is 6.37. The second kappa shape index (κ2) is 4.68. The third-order valence-corrected chi connectivity index (χ3v) is 4.96. The van der Waals surface area contributed by atoms with E-state index in [0.717, 1.165) is 27.6 Å². The first kappa shape index (κ1) is 12.5. The van der Waals surface area contributed by atoms with Crippen LogP contribution in [0.5, 0.6) is 0 Å². The van der Waals surface area contributed by atoms with E-state index in [1.54, 1.807) is 15.9 Å². The minimum absolute atomic E-state index is 0.539. The minimum Gasteiger partial charge on any atom is -0.216 e. The van der Waals surface area contributed by atoms with Crippen LogP contribution in [0.2, 0.25) is 0 Å². The van der Waals surface area contributed by atoms with Crippen LogP contribution in [-0.2, 0) is 6.42 Å². The SMILES string of the molecule is CCc1ccc(-c2nc3sc(C4CC4)nn3c2C#N)cc1. The third-order valence-electron chi connectivity index (χ3n) is 3.89. The molecule has 0 spiro atoms. The lowest BCUT2D eigenvalue weighted by Gasteiger charge is -2.00. The molecular weight excluding hydrogens is 280 g/mol. The van der Waals surface area contributed by atoms with Gasteiger partial charge in [0.05, 0.1) is 0 Å². The Labute approximate surface area is 126 Å². The summed E-state index contributed by atoms with van der Waals surface area (Å²) in [7, 11) is 0. The maximum atomic E-state index is 9.48. The number of aromatic nitrogens is 3. The summed E-state index contributed by atoms with van der Waals surface area (Å²) in [5.41, 5.74) is 3.54. The van der Waals surface area contributed by atoms with Crippen LogP contribution in [0.15, 0.2) is 24.3 Å². The summed E-state index contributed by atoms with van der Waals surface area (Å²) in [6.45, 7) is 2.13. The first-order chi connectivity index (χ1) is 10.3. The summed E-state index contributed by atoms with van der Waals surface area (Å²) < 4.78 is 1.71. The summed E-state index contributed by atoms with van der Waals surface area (Å²) in [5.74, 6) is 0.593. The van der Waals surface area contributed by atoms with E-state index in [1.807, 2.05) is 12.1 Å². The lowest BCUT2D eigenvalue weighted by atomic mass is 10.1. The van der Waals surface area contributed by atoms with Gasteiger partial charge in [-0.3, -0.25) is 0 Å². The molecule has 2 heterocycles. The molecule has 0 saturated heterocycles. The molecule has 2 aromatic heterocycles. The number of aryl methyl sites for hydroxylation is 1. The quantitative estimate of drug-likeness (QED) is 0.739. The van der Waals surface area contributed by atoms with Crippen molar-refractivity contribution in [2.75, 3.05) is 0 Å². The molecule has 0 amide bonds. The van der Waals surface area contributed by atoms with Crippen LogP contribution >= 0.6 is 11.3 Å². The van der Waals surface area contributed by atoms with Crippen molar-refractivity contribution in [2.45, 2.75) is 32.1 Å². The Balaban J connectivity index is 1.83. The molecule has 1 saturated carbocycles. The maximum Gasteiger partial charge on any atom is 0.214 e. The molecule has 5 heteroatoms. The van der Waals surface area contributed by atoms with Crippen molar-refractivity contribution in [1.82, 2.24) is 14.6 Å². The molecule has 104 valence electrons. The van der Waals surface area contributed by atoms with Gasteiger partial charge in [0, 0.05) is 11.5 Å². The monoisotopic (exact) mass is 294 g/mol. The van der Waals surface area contributed by atoms with Crippen molar-refractivity contribution < 1.29 is 0 Å². The van der Waals surface area contributed by atoms with E-state index < -0.39 is 0 Å². The third kappa shape index (κ3) is 2.03. The standard InChI is InChI=1S/C16H14N4S/c1-2-10-3-5-11(6-4-10)14-13(9-17)20-16(18-14)21-15(19-20)12-7-8-12/h3-6,12H,2,7-8H2,1H3. The van der Waals surface area contributed by atoms with Crippen LogP contribution in [-0.4, -0.2) is 14.6 Å². The van der Waals surface area contributed by atoms with Crippen LogP contribution in [0.25, 0.3) is 16.2 Å². The van der Waals surface area contributed by atoms with Crippen molar-refractivity contribution in [3.05, 3.63) is 40.5 Å². The molecule has 0 N–H and O–H groups in total. The fraction of sp³-hybridized carbons (Fsp3) is 0.312. The highest BCUT2D eigenvalue weighted by Gasteiger charge is 2.29. The van der Waals surface area contributed by atoms with Gasteiger partial charge in [-0.2, -0.15) is 14.9 Å². The Kier molecular flexibility index (Phi) is 2.79. The van der Waals surface area contributed by atoms with Gasteiger partial charge in [-0.05, 0) is 24.8 Å². The fourth-order valence-corrected chi connectivity index (χ4v) is 3.53. The molecule has 1 aliphatic carbocycles. The van der Waals surface area contributed by atoms with Crippen molar-refractivity contribution in [2.24, 2.45) is 0 Å². The van der Waals surface area contributed by atoms with Gasteiger partial charge in [0.25, 0.3) is 0 Å². The van der Waals surface area contributed by atoms with Crippen LogP contribution in [0, 0.1) is 11.3 Å². The van der Waals surface area contributed by atoms with E-state index in [2.05, 4.69) is 35.2 Å². The zero-order chi connectivity index (χ0) is 14.4. The summed E-state index contributed by atoms with van der Waals surface area (Å²) in [5, 5.41) is 15.2. The molecule has 1 aromatic carbocycles. The fourth-order valence-electron chi connectivity index (χ4n) is 2.46. The molecule has 1 aliphatic rings. The molecular formula is C16H14N4S. The molecule has 0 unspecified atom stereocenters. The number of nitrogens with zero attached hydrogens (tertiary/aromatic N) is 4. The van der Waals surface area contributed by atoms with Crippen molar-refractivity contribution in [3.8, 4) is 17.3 Å². The van der Waals surface area contributed by atoms with Gasteiger partial charge in [0.15, 0.2) is 5.69 Å². The molecule has 4 nitrogen and oxygen atoms in total. The predicted molar refractivity (Wildman–Crippen MR) is 82.4 cm³/mol. The predicted octanol–water partition coefficient (Wildman–Crippen LogP) is 3.77. The van der Waals surface area contributed by atoms with E-state index in [9.17, 15) is 5.26 Å². The zero-order valence-electron chi connectivity index (χ0n) is 11.7. The van der Waals surface area contributed by atoms with E-state index in [1.165, 1.54) is 18.4 Å². The van der Waals surface area contributed by atoms with Gasteiger partial charge in [-0.15, -0.1) is 0 Å². The molecule has 0 aliphatic heterocycles. The van der Waals surface area contributed by atoms with E-state index in [-0.39, 0.29) is 0 Å². The molecule has 0 atom stereocenters. The van der Waals surface area contributed by atoms with Crippen LogP contribution in [0.4, 0.5) is 0 Å². The van der Waals surface area contributed by atoms with E-state index in [4.69, 9.17) is 0 Å². The van der Waals surface area contributed by atoms with Gasteiger partial charge in [-0.1, -0.05) is 42.5 Å². The number of benzene rings is 1. The minimum atomic E-state index is 0.539. The van der Waals surface area contributed by atoms with Crippen molar-refractivity contribution >= 4 is 16.3 Å². The lowest BCUT2D eigenvalue weighted by Crippen LogP contribution is -1.92. The molecule has 4 rings (SSSR count). The summed E-state index contributed by atoms with van der Waals surface area (Å²) in [6.07, 6.45) is 3.43. The number of fused-ring (bicyclic) bond motifs is 1. The Morgan fingerprint density at radius 2 is 2.10 bits per heavy atom. The molecule has 0 bridgehead atoms. The van der Waals surface area contributed by atoms with Crippen molar-refractivity contribution in [3.63, 3.8) is 0 Å². The Morgan fingerprint density at radius 3 is 2.71 bits per heavy atom. The normalized spacial score (nSPS) is 14.5. The van der Waals surface area contributed by atoms with Gasteiger partial charge in [0.2, 0.25) is 4.96 Å². The lowest BCUT2D eigenvalue weighted by molar-refractivity contribution is 0.893. The number of hydrogen-bond acceptors (Lipinski definition) is 4. The number of imidazole rings is 1. The Hall–Kier alpha value is -2.19. The number of hydrogen-bond donors (Lipinski definition) is 0. The highest BCUT2D eigenvalue weighted by atomic mass is 32.1. The van der Waals surface area contributed by atoms with Crippen molar-refractivity contribution in [1.29, 1.82) is 5.26 Å². The largest absolute Gasteiger partial charge is 0.216 e. The smallest absolute Gasteiger partial charge is 0.214 e. The first-order valence-corrected chi connectivity index (χ1v) is 8.00. The number of rotatable bonds is 3. The van der Waals surface area contributed by atoms with Gasteiger partial charge in [0.1, 0.15) is 16.8 Å².